The van der Waals surface area contributed by atoms with Gasteiger partial charge in [0.2, 0.25) is 0 Å². The van der Waals surface area contributed by atoms with Crippen LogP contribution in [0, 0.1) is 0 Å². The van der Waals surface area contributed by atoms with Gasteiger partial charge in [-0.2, -0.15) is 0 Å². The summed E-state index contributed by atoms with van der Waals surface area (Å²) in [6.45, 7) is 0. The van der Waals surface area contributed by atoms with Crippen molar-refractivity contribution in [3.63, 3.8) is 0 Å². The Morgan fingerprint density at radius 1 is 0.579 bits per heavy atom. The number of rotatable bonds is 0. The predicted octanol–water partition coefficient (Wildman–Crippen LogP) is 1.14. The van der Waals surface area contributed by atoms with E-state index in [0.717, 1.165) is 0 Å². The van der Waals surface area contributed by atoms with Crippen molar-refractivity contribution in [1.82, 2.24) is 14.7 Å². The molecule has 0 aromatic rings. The van der Waals surface area contributed by atoms with Crippen molar-refractivity contribution >= 4 is 87.5 Å². The Labute approximate surface area is 164 Å². The second-order valence-corrected chi connectivity index (χ2v) is 6.58. The van der Waals surface area contributed by atoms with Gasteiger partial charge in [0, 0.05) is 42.3 Å². The molecule has 10 heteroatoms. The van der Waals surface area contributed by atoms with Crippen LogP contribution in [0.3, 0.4) is 0 Å². The summed E-state index contributed by atoms with van der Waals surface area (Å²) in [5.41, 5.74) is 0. The van der Waals surface area contributed by atoms with Crippen molar-refractivity contribution in [1.29, 1.82) is 0 Å². The summed E-state index contributed by atoms with van der Waals surface area (Å²) in [7, 11) is 11.0. The Kier molecular flexibility index (Phi) is 25.4. The van der Waals surface area contributed by atoms with Gasteiger partial charge in [-0.05, 0) is 0 Å². The maximum atomic E-state index is 4.56. The Balaban J connectivity index is -0.0000000865. The van der Waals surface area contributed by atoms with Gasteiger partial charge in [-0.25, -0.2) is 0 Å². The van der Waals surface area contributed by atoms with Crippen molar-refractivity contribution in [3.05, 3.63) is 0 Å². The minimum atomic E-state index is 0. The van der Waals surface area contributed by atoms with Gasteiger partial charge in [0.25, 0.3) is 0 Å². The van der Waals surface area contributed by atoms with Crippen molar-refractivity contribution in [2.75, 3.05) is 42.3 Å². The topological polar surface area (TPSA) is 9.72 Å². The molecule has 19 heavy (non-hydrogen) atoms. The maximum Gasteiger partial charge on any atom is 3.00 e. The molecule has 0 N–H and O–H groups in total. The standard InChI is InChI=1S/3C3H7NS2.Ti/c3*1-4(2)3(5)6;/h3*1-2H3,(H,5,6);/q;;;+3/p-3. The maximum absolute atomic E-state index is 4.56. The van der Waals surface area contributed by atoms with E-state index in [2.05, 4.69) is 74.5 Å². The third-order valence-corrected chi connectivity index (χ3v) is 3.29. The Bertz CT molecular complexity index is 228. The quantitative estimate of drug-likeness (QED) is 0.329. The molecule has 109 valence electrons. The summed E-state index contributed by atoms with van der Waals surface area (Å²) in [6, 6.07) is 0. The summed E-state index contributed by atoms with van der Waals surface area (Å²) in [5, 5.41) is 0. The molecule has 0 saturated carbocycles. The monoisotopic (exact) mass is 408 g/mol. The molecule has 3 nitrogen and oxygen atoms in total. The fourth-order valence-corrected chi connectivity index (χ4v) is 0. The first-order chi connectivity index (χ1) is 7.93. The molecular formula is C9H18N3S6Ti. The molecule has 0 saturated heterocycles. The third kappa shape index (κ3) is 32.5. The SMILES string of the molecule is CN(C)C(=S)[S-].CN(C)C(=S)[S-].CN(C)C(=S)[S-].[Ti+3]. The first kappa shape index (κ1) is 28.2. The minimum absolute atomic E-state index is 0. The number of thiocarbonyl (C=S) groups is 3. The summed E-state index contributed by atoms with van der Waals surface area (Å²) < 4.78 is 1.53. The van der Waals surface area contributed by atoms with Crippen LogP contribution in [0.1, 0.15) is 0 Å². The van der Waals surface area contributed by atoms with Gasteiger partial charge in [-0.15, -0.1) is 0 Å². The van der Waals surface area contributed by atoms with Gasteiger partial charge in [-0.1, -0.05) is 13.0 Å². The largest absolute Gasteiger partial charge is 3.00 e. The molecular weight excluding hydrogens is 390 g/mol. The van der Waals surface area contributed by atoms with Gasteiger partial charge in [0.05, 0.1) is 0 Å². The van der Waals surface area contributed by atoms with Crippen molar-refractivity contribution in [2.24, 2.45) is 0 Å². The molecule has 0 aliphatic heterocycles. The van der Waals surface area contributed by atoms with Gasteiger partial charge in [0.1, 0.15) is 0 Å². The van der Waals surface area contributed by atoms with Crippen LogP contribution in [0.25, 0.3) is 0 Å². The van der Waals surface area contributed by atoms with Gasteiger partial charge < -0.3 is 89.2 Å². The number of nitrogens with zero attached hydrogens (tertiary/aromatic N) is 3. The molecule has 0 aliphatic rings. The fraction of sp³-hybridized carbons (Fsp3) is 0.667. The molecule has 0 aliphatic carbocycles. The van der Waals surface area contributed by atoms with E-state index in [1.165, 1.54) is 0 Å². The zero-order chi connectivity index (χ0) is 15.5. The summed E-state index contributed by atoms with van der Waals surface area (Å²) >= 11 is 27.4. The third-order valence-electron chi connectivity index (χ3n) is 1.10. The van der Waals surface area contributed by atoms with E-state index in [1.807, 2.05) is 42.3 Å². The Morgan fingerprint density at radius 2 is 0.632 bits per heavy atom. The molecule has 0 aromatic carbocycles. The normalized spacial score (nSPS) is 7.26. The van der Waals surface area contributed by atoms with Crippen molar-refractivity contribution in [2.45, 2.75) is 0 Å². The molecule has 0 unspecified atom stereocenters. The number of hydrogen-bond acceptors (Lipinski definition) is 6. The van der Waals surface area contributed by atoms with Gasteiger partial charge in [0.15, 0.2) is 0 Å². The van der Waals surface area contributed by atoms with Crippen LogP contribution in [-0.2, 0) is 59.6 Å². The first-order valence-corrected chi connectivity index (χ1v) is 7.03. The van der Waals surface area contributed by atoms with Crippen LogP contribution < -0.4 is 0 Å². The van der Waals surface area contributed by atoms with Crippen molar-refractivity contribution in [3.8, 4) is 0 Å². The first-order valence-electron chi connectivity index (χ1n) is 4.58. The number of hydrogen-bond donors (Lipinski definition) is 0. The second-order valence-electron chi connectivity index (χ2n) is 3.48. The minimum Gasteiger partial charge on any atom is -0.411 e. The fourth-order valence-electron chi connectivity index (χ4n) is 0. The van der Waals surface area contributed by atoms with Crippen LogP contribution in [0.2, 0.25) is 0 Å². The molecule has 0 heterocycles. The Hall–Kier alpha value is 1.04. The molecule has 0 rings (SSSR count). The van der Waals surface area contributed by atoms with E-state index in [-0.39, 0.29) is 21.7 Å². The van der Waals surface area contributed by atoms with E-state index in [0.29, 0.717) is 13.0 Å². The van der Waals surface area contributed by atoms with E-state index < -0.39 is 0 Å². The van der Waals surface area contributed by atoms with Crippen LogP contribution in [0.4, 0.5) is 0 Å². The molecule has 0 bridgehead atoms. The van der Waals surface area contributed by atoms with Crippen LogP contribution in [-0.4, -0.2) is 69.9 Å². The zero-order valence-electron chi connectivity index (χ0n) is 11.8. The summed E-state index contributed by atoms with van der Waals surface area (Å²) in [5.74, 6) is 0. The van der Waals surface area contributed by atoms with Crippen molar-refractivity contribution < 1.29 is 21.7 Å². The van der Waals surface area contributed by atoms with Gasteiger partial charge in [-0.3, -0.25) is 0 Å². The van der Waals surface area contributed by atoms with Crippen LogP contribution in [0.15, 0.2) is 0 Å². The summed E-state index contributed by atoms with van der Waals surface area (Å²) in [4.78, 5) is 5.14. The Morgan fingerprint density at radius 3 is 0.632 bits per heavy atom. The van der Waals surface area contributed by atoms with E-state index in [1.54, 1.807) is 14.7 Å². The van der Waals surface area contributed by atoms with E-state index >= 15 is 0 Å². The second kappa shape index (κ2) is 17.1. The van der Waals surface area contributed by atoms with Crippen LogP contribution in [0.5, 0.6) is 0 Å². The van der Waals surface area contributed by atoms with Gasteiger partial charge >= 0.3 is 21.7 Å². The smallest absolute Gasteiger partial charge is 0.411 e. The average Bonchev–Trinajstić information content (AvgIpc) is 2.18. The van der Waals surface area contributed by atoms with E-state index in [9.17, 15) is 0 Å². The average molecular weight is 409 g/mol. The predicted molar refractivity (Wildman–Crippen MR) is 101 cm³/mol. The zero-order valence-corrected chi connectivity index (χ0v) is 18.3. The molecule has 1 radical (unpaired) electrons. The molecule has 0 spiro atoms. The molecule has 0 amide bonds. The van der Waals surface area contributed by atoms with Crippen LogP contribution >= 0.6 is 36.7 Å². The summed E-state index contributed by atoms with van der Waals surface area (Å²) in [6.07, 6.45) is 0. The molecule has 0 aromatic heterocycles. The van der Waals surface area contributed by atoms with E-state index in [4.69, 9.17) is 0 Å². The molecule has 0 atom stereocenters. The molecule has 0 fully saturated rings.